The number of likely N-dealkylation sites (tertiary alicyclic amines) is 1. The molecule has 132 valence electrons. The average molecular weight is 346 g/mol. The van der Waals surface area contributed by atoms with Crippen LogP contribution < -0.4 is 0 Å². The Labute approximate surface area is 138 Å². The molecule has 8 heteroatoms. The monoisotopic (exact) mass is 346 g/mol. The van der Waals surface area contributed by atoms with E-state index in [1.54, 1.807) is 0 Å². The molecule has 3 aliphatic rings. The van der Waals surface area contributed by atoms with Crippen LogP contribution in [0.2, 0.25) is 0 Å². The van der Waals surface area contributed by atoms with Gasteiger partial charge in [-0.15, -0.1) is 0 Å². The van der Waals surface area contributed by atoms with Crippen molar-refractivity contribution in [2.45, 2.75) is 25.4 Å². The molecule has 3 saturated heterocycles. The fourth-order valence-electron chi connectivity index (χ4n) is 3.73. The summed E-state index contributed by atoms with van der Waals surface area (Å²) in [7, 11) is -3.19. The summed E-state index contributed by atoms with van der Waals surface area (Å²) in [5.41, 5.74) is 0. The summed E-state index contributed by atoms with van der Waals surface area (Å²) in [5.74, 6) is 0.448. The zero-order valence-electron chi connectivity index (χ0n) is 13.6. The number of rotatable bonds is 2. The van der Waals surface area contributed by atoms with E-state index in [2.05, 4.69) is 0 Å². The highest BCUT2D eigenvalue weighted by Crippen LogP contribution is 2.27. The van der Waals surface area contributed by atoms with Gasteiger partial charge < -0.3 is 14.4 Å². The van der Waals surface area contributed by atoms with Crippen molar-refractivity contribution in [1.82, 2.24) is 9.21 Å². The largest absolute Gasteiger partial charge is 0.381 e. The molecule has 0 aromatic heterocycles. The minimum absolute atomic E-state index is 0.0562. The van der Waals surface area contributed by atoms with E-state index in [0.717, 1.165) is 19.3 Å². The topological polar surface area (TPSA) is 76.2 Å². The van der Waals surface area contributed by atoms with Crippen molar-refractivity contribution in [2.75, 3.05) is 52.3 Å². The quantitative estimate of drug-likeness (QED) is 0.699. The molecule has 0 bridgehead atoms. The molecule has 0 unspecified atom stereocenters. The first-order chi connectivity index (χ1) is 10.9. The van der Waals surface area contributed by atoms with Crippen LogP contribution in [0, 0.1) is 11.8 Å². The summed E-state index contributed by atoms with van der Waals surface area (Å²) < 4.78 is 36.3. The summed E-state index contributed by atoms with van der Waals surface area (Å²) in [4.78, 5) is 14.6. The van der Waals surface area contributed by atoms with Gasteiger partial charge in [0.15, 0.2) is 0 Å². The second-order valence-electron chi connectivity index (χ2n) is 6.75. The fraction of sp³-hybridized carbons (Fsp3) is 0.933. The van der Waals surface area contributed by atoms with Gasteiger partial charge in [0.2, 0.25) is 15.9 Å². The van der Waals surface area contributed by atoms with Crippen LogP contribution >= 0.6 is 0 Å². The predicted molar refractivity (Wildman–Crippen MR) is 84.4 cm³/mol. The van der Waals surface area contributed by atoms with Crippen molar-refractivity contribution in [3.8, 4) is 0 Å². The summed E-state index contributed by atoms with van der Waals surface area (Å²) in [6, 6.07) is 0. The minimum Gasteiger partial charge on any atom is -0.381 e. The normalized spacial score (nSPS) is 31.4. The van der Waals surface area contributed by atoms with Crippen LogP contribution in [-0.2, 0) is 24.3 Å². The van der Waals surface area contributed by atoms with E-state index in [9.17, 15) is 13.2 Å². The SMILES string of the molecule is CS(=O)(=O)N1CCO[C@@H]2CN(C(=O)C3CCOCC3)CC[C@@H]2C1. The van der Waals surface area contributed by atoms with E-state index in [1.807, 2.05) is 4.90 Å². The maximum Gasteiger partial charge on any atom is 0.225 e. The van der Waals surface area contributed by atoms with Crippen molar-refractivity contribution < 1.29 is 22.7 Å². The standard InChI is InChI=1S/C15H26N2O5S/c1-23(19,20)17-6-9-22-14-11-16(5-2-13(14)10-17)15(18)12-3-7-21-8-4-12/h12-14H,2-11H2,1H3/t13-,14-/m1/s1. The molecule has 1 amide bonds. The fourth-order valence-corrected chi connectivity index (χ4v) is 4.59. The summed E-state index contributed by atoms with van der Waals surface area (Å²) in [5, 5.41) is 0. The van der Waals surface area contributed by atoms with Crippen LogP contribution in [0.3, 0.4) is 0 Å². The Balaban J connectivity index is 1.61. The maximum atomic E-state index is 12.6. The molecular weight excluding hydrogens is 320 g/mol. The number of piperidine rings is 1. The van der Waals surface area contributed by atoms with E-state index in [4.69, 9.17) is 9.47 Å². The Morgan fingerprint density at radius 1 is 1.04 bits per heavy atom. The molecule has 0 aromatic rings. The van der Waals surface area contributed by atoms with Gasteiger partial charge in [0.1, 0.15) is 0 Å². The first-order valence-corrected chi connectivity index (χ1v) is 10.2. The highest BCUT2D eigenvalue weighted by molar-refractivity contribution is 7.88. The number of hydrogen-bond acceptors (Lipinski definition) is 5. The molecule has 3 heterocycles. The highest BCUT2D eigenvalue weighted by Gasteiger charge is 2.38. The smallest absolute Gasteiger partial charge is 0.225 e. The second kappa shape index (κ2) is 7.04. The van der Waals surface area contributed by atoms with Gasteiger partial charge in [-0.2, -0.15) is 4.31 Å². The third-order valence-corrected chi connectivity index (χ3v) is 6.43. The third kappa shape index (κ3) is 4.04. The van der Waals surface area contributed by atoms with Crippen LogP contribution in [0.1, 0.15) is 19.3 Å². The zero-order chi connectivity index (χ0) is 16.4. The third-order valence-electron chi connectivity index (χ3n) is 5.16. The van der Waals surface area contributed by atoms with Gasteiger partial charge in [0.25, 0.3) is 0 Å². The number of fused-ring (bicyclic) bond motifs is 1. The molecule has 0 radical (unpaired) electrons. The van der Waals surface area contributed by atoms with Gasteiger partial charge in [-0.3, -0.25) is 4.79 Å². The van der Waals surface area contributed by atoms with Crippen LogP contribution in [0.15, 0.2) is 0 Å². The Bertz CT molecular complexity index is 532. The van der Waals surface area contributed by atoms with Crippen molar-refractivity contribution in [1.29, 1.82) is 0 Å². The van der Waals surface area contributed by atoms with Gasteiger partial charge in [-0.05, 0) is 19.3 Å². The summed E-state index contributed by atoms with van der Waals surface area (Å²) in [6.45, 7) is 3.90. The van der Waals surface area contributed by atoms with Crippen molar-refractivity contribution >= 4 is 15.9 Å². The van der Waals surface area contributed by atoms with Crippen molar-refractivity contribution in [3.05, 3.63) is 0 Å². The summed E-state index contributed by atoms with van der Waals surface area (Å²) >= 11 is 0. The number of carbonyl (C=O) groups is 1. The molecule has 0 aromatic carbocycles. The van der Waals surface area contributed by atoms with Gasteiger partial charge in [0.05, 0.1) is 19.0 Å². The first-order valence-electron chi connectivity index (χ1n) is 8.38. The van der Waals surface area contributed by atoms with Crippen LogP contribution in [0.5, 0.6) is 0 Å². The second-order valence-corrected chi connectivity index (χ2v) is 8.73. The van der Waals surface area contributed by atoms with Gasteiger partial charge in [-0.1, -0.05) is 0 Å². The molecule has 3 aliphatic heterocycles. The molecule has 0 aliphatic carbocycles. The van der Waals surface area contributed by atoms with Gasteiger partial charge in [0, 0.05) is 51.2 Å². The Kier molecular flexibility index (Phi) is 5.25. The van der Waals surface area contributed by atoms with Crippen LogP contribution in [0.25, 0.3) is 0 Å². The van der Waals surface area contributed by atoms with E-state index in [1.165, 1.54) is 10.6 Å². The molecule has 0 spiro atoms. The summed E-state index contributed by atoms with van der Waals surface area (Å²) in [6.07, 6.45) is 3.58. The van der Waals surface area contributed by atoms with E-state index in [0.29, 0.717) is 46.0 Å². The lowest BCUT2D eigenvalue weighted by Gasteiger charge is -2.39. The lowest BCUT2D eigenvalue weighted by molar-refractivity contribution is -0.144. The molecule has 7 nitrogen and oxygen atoms in total. The number of hydrogen-bond donors (Lipinski definition) is 0. The number of ether oxygens (including phenoxy) is 2. The Morgan fingerprint density at radius 2 is 1.78 bits per heavy atom. The van der Waals surface area contributed by atoms with Crippen molar-refractivity contribution in [2.24, 2.45) is 11.8 Å². The number of carbonyl (C=O) groups excluding carboxylic acids is 1. The maximum absolute atomic E-state index is 12.6. The first kappa shape index (κ1) is 17.1. The van der Waals surface area contributed by atoms with Crippen molar-refractivity contribution in [3.63, 3.8) is 0 Å². The van der Waals surface area contributed by atoms with Crippen LogP contribution in [0.4, 0.5) is 0 Å². The molecule has 3 fully saturated rings. The lowest BCUT2D eigenvalue weighted by Crippen LogP contribution is -2.51. The molecular formula is C15H26N2O5S. The van der Waals surface area contributed by atoms with E-state index >= 15 is 0 Å². The van der Waals surface area contributed by atoms with E-state index < -0.39 is 10.0 Å². The highest BCUT2D eigenvalue weighted by atomic mass is 32.2. The Morgan fingerprint density at radius 3 is 2.48 bits per heavy atom. The molecule has 0 saturated carbocycles. The number of nitrogens with zero attached hydrogens (tertiary/aromatic N) is 2. The van der Waals surface area contributed by atoms with Gasteiger partial charge >= 0.3 is 0 Å². The van der Waals surface area contributed by atoms with E-state index in [-0.39, 0.29) is 23.8 Å². The lowest BCUT2D eigenvalue weighted by atomic mass is 9.91. The molecule has 3 rings (SSSR count). The number of amides is 1. The average Bonchev–Trinajstić information content (AvgIpc) is 2.76. The van der Waals surface area contributed by atoms with Gasteiger partial charge in [-0.25, -0.2) is 8.42 Å². The van der Waals surface area contributed by atoms with Crippen LogP contribution in [-0.4, -0.2) is 81.9 Å². The molecule has 23 heavy (non-hydrogen) atoms. The number of sulfonamides is 1. The Hall–Kier alpha value is -0.700. The zero-order valence-corrected chi connectivity index (χ0v) is 14.5. The molecule has 2 atom stereocenters. The predicted octanol–water partition coefficient (Wildman–Crippen LogP) is -0.0781. The minimum atomic E-state index is -3.19. The molecule has 0 N–H and O–H groups in total.